The molecule has 6 nitrogen and oxygen atoms in total. The first-order valence-corrected chi connectivity index (χ1v) is 11.6. The first-order valence-electron chi connectivity index (χ1n) is 8.99. The molecule has 3 heterocycles. The van der Waals surface area contributed by atoms with Gasteiger partial charge < -0.3 is 10.3 Å². The third-order valence-electron chi connectivity index (χ3n) is 4.63. The fourth-order valence-electron chi connectivity index (χ4n) is 3.41. The summed E-state index contributed by atoms with van der Waals surface area (Å²) < 4.78 is 0.839. The zero-order valence-corrected chi connectivity index (χ0v) is 17.6. The summed E-state index contributed by atoms with van der Waals surface area (Å²) in [6.07, 6.45) is 3.21. The number of anilines is 2. The van der Waals surface area contributed by atoms with Crippen LogP contribution < -0.4 is 10.9 Å². The number of fused-ring (bicyclic) bond motifs is 3. The van der Waals surface area contributed by atoms with Crippen LogP contribution in [0, 0.1) is 6.92 Å². The van der Waals surface area contributed by atoms with Gasteiger partial charge in [0.2, 0.25) is 5.13 Å². The second-order valence-electron chi connectivity index (χ2n) is 6.71. The molecule has 1 aromatic carbocycles. The van der Waals surface area contributed by atoms with E-state index in [2.05, 4.69) is 44.5 Å². The third-order valence-corrected chi connectivity index (χ3v) is 7.80. The van der Waals surface area contributed by atoms with E-state index in [-0.39, 0.29) is 5.56 Å². The number of aryl methyl sites for hydroxylation is 3. The molecule has 9 heteroatoms. The molecular weight excluding hydrogens is 410 g/mol. The number of benzene rings is 1. The van der Waals surface area contributed by atoms with Crippen LogP contribution in [-0.4, -0.2) is 20.2 Å². The van der Waals surface area contributed by atoms with E-state index in [1.165, 1.54) is 39.1 Å². The van der Waals surface area contributed by atoms with Crippen LogP contribution in [0.1, 0.15) is 28.2 Å². The molecule has 28 heavy (non-hydrogen) atoms. The van der Waals surface area contributed by atoms with Gasteiger partial charge in [-0.05, 0) is 49.4 Å². The van der Waals surface area contributed by atoms with Crippen LogP contribution in [0.2, 0.25) is 0 Å². The zero-order chi connectivity index (χ0) is 19.1. The SMILES string of the molecule is Cc1cccc(Nc2nnc(SCc3nc4sc5c(c4c(=O)[nH]3)CCC5)s2)c1. The highest BCUT2D eigenvalue weighted by Crippen LogP contribution is 2.35. The monoisotopic (exact) mass is 427 g/mol. The lowest BCUT2D eigenvalue weighted by atomic mass is 10.2. The van der Waals surface area contributed by atoms with E-state index in [4.69, 9.17) is 0 Å². The Morgan fingerprint density at radius 2 is 2.18 bits per heavy atom. The molecule has 5 rings (SSSR count). The summed E-state index contributed by atoms with van der Waals surface area (Å²) in [5.41, 5.74) is 3.38. The smallest absolute Gasteiger partial charge is 0.259 e. The molecule has 0 saturated heterocycles. The predicted molar refractivity (Wildman–Crippen MR) is 116 cm³/mol. The van der Waals surface area contributed by atoms with Crippen molar-refractivity contribution in [2.24, 2.45) is 0 Å². The summed E-state index contributed by atoms with van der Waals surface area (Å²) in [4.78, 5) is 22.4. The molecule has 4 aromatic rings. The van der Waals surface area contributed by atoms with Crippen LogP contribution in [0.25, 0.3) is 10.2 Å². The fourth-order valence-corrected chi connectivity index (χ4v) is 6.33. The summed E-state index contributed by atoms with van der Waals surface area (Å²) in [6, 6.07) is 8.13. The maximum atomic E-state index is 12.5. The maximum absolute atomic E-state index is 12.5. The molecule has 1 aliphatic rings. The second-order valence-corrected chi connectivity index (χ2v) is 9.99. The average molecular weight is 428 g/mol. The Kier molecular flexibility index (Phi) is 4.65. The van der Waals surface area contributed by atoms with Gasteiger partial charge in [-0.1, -0.05) is 35.2 Å². The number of aromatic amines is 1. The maximum Gasteiger partial charge on any atom is 0.259 e. The Morgan fingerprint density at radius 3 is 3.07 bits per heavy atom. The standard InChI is InChI=1S/C19H17N5OS3/c1-10-4-2-5-11(8-10)20-18-23-24-19(28-18)26-9-14-21-16(25)15-12-6-3-7-13(12)27-17(15)22-14/h2,4-5,8H,3,6-7,9H2,1H3,(H,20,23)(H,21,22,25). The van der Waals surface area contributed by atoms with Crippen LogP contribution in [0.3, 0.4) is 0 Å². The second kappa shape index (κ2) is 7.31. The van der Waals surface area contributed by atoms with Gasteiger partial charge in [-0.15, -0.1) is 21.5 Å². The van der Waals surface area contributed by atoms with Crippen molar-refractivity contribution in [1.29, 1.82) is 0 Å². The van der Waals surface area contributed by atoms with Crippen LogP contribution >= 0.6 is 34.4 Å². The van der Waals surface area contributed by atoms with E-state index in [1.807, 2.05) is 12.1 Å². The van der Waals surface area contributed by atoms with E-state index in [9.17, 15) is 4.79 Å². The molecule has 142 valence electrons. The quantitative estimate of drug-likeness (QED) is 0.450. The molecule has 0 fully saturated rings. The molecule has 3 aromatic heterocycles. The molecule has 0 saturated carbocycles. The van der Waals surface area contributed by atoms with E-state index in [1.54, 1.807) is 11.3 Å². The number of hydrogen-bond acceptors (Lipinski definition) is 8. The number of nitrogens with zero attached hydrogens (tertiary/aromatic N) is 3. The number of nitrogens with one attached hydrogen (secondary N) is 2. The molecule has 0 amide bonds. The Balaban J connectivity index is 1.30. The van der Waals surface area contributed by atoms with E-state index >= 15 is 0 Å². The van der Waals surface area contributed by atoms with Crippen molar-refractivity contribution in [2.45, 2.75) is 36.3 Å². The summed E-state index contributed by atoms with van der Waals surface area (Å²) in [6.45, 7) is 2.05. The Bertz CT molecular complexity index is 1230. The topological polar surface area (TPSA) is 83.6 Å². The molecule has 1 aliphatic carbocycles. The molecule has 0 spiro atoms. The van der Waals surface area contributed by atoms with Gasteiger partial charge in [-0.25, -0.2) is 4.98 Å². The zero-order valence-electron chi connectivity index (χ0n) is 15.1. The Labute approximate surface area is 173 Å². The van der Waals surface area contributed by atoms with Crippen molar-refractivity contribution < 1.29 is 0 Å². The number of hydrogen-bond donors (Lipinski definition) is 2. The van der Waals surface area contributed by atoms with Gasteiger partial charge in [0, 0.05) is 10.6 Å². The van der Waals surface area contributed by atoms with Crippen LogP contribution in [0.15, 0.2) is 33.4 Å². The van der Waals surface area contributed by atoms with Gasteiger partial charge in [-0.2, -0.15) is 0 Å². The highest BCUT2D eigenvalue weighted by molar-refractivity contribution is 8.00. The third kappa shape index (κ3) is 3.45. The number of H-pyrrole nitrogens is 1. The molecule has 0 radical (unpaired) electrons. The normalized spacial score (nSPS) is 13.2. The summed E-state index contributed by atoms with van der Waals surface area (Å²) in [7, 11) is 0. The van der Waals surface area contributed by atoms with Crippen LogP contribution in [0.5, 0.6) is 0 Å². The number of aromatic nitrogens is 4. The van der Waals surface area contributed by atoms with Gasteiger partial charge >= 0.3 is 0 Å². The van der Waals surface area contributed by atoms with Crippen molar-refractivity contribution in [2.75, 3.05) is 5.32 Å². The largest absolute Gasteiger partial charge is 0.330 e. The fraction of sp³-hybridized carbons (Fsp3) is 0.263. The van der Waals surface area contributed by atoms with Crippen molar-refractivity contribution in [1.82, 2.24) is 20.2 Å². The van der Waals surface area contributed by atoms with Crippen molar-refractivity contribution >= 4 is 55.5 Å². The number of rotatable bonds is 5. The van der Waals surface area contributed by atoms with Gasteiger partial charge in [0.25, 0.3) is 5.56 Å². The molecule has 0 unspecified atom stereocenters. The van der Waals surface area contributed by atoms with Gasteiger partial charge in [-0.3, -0.25) is 4.79 Å². The lowest BCUT2D eigenvalue weighted by Gasteiger charge is -2.02. The summed E-state index contributed by atoms with van der Waals surface area (Å²) in [5.74, 6) is 1.25. The van der Waals surface area contributed by atoms with Crippen molar-refractivity contribution in [3.63, 3.8) is 0 Å². The number of thioether (sulfide) groups is 1. The Morgan fingerprint density at radius 1 is 1.25 bits per heavy atom. The number of thiophene rings is 1. The van der Waals surface area contributed by atoms with Crippen molar-refractivity contribution in [3.8, 4) is 0 Å². The minimum Gasteiger partial charge on any atom is -0.330 e. The minimum atomic E-state index is -0.0148. The minimum absolute atomic E-state index is 0.0148. The predicted octanol–water partition coefficient (Wildman–Crippen LogP) is 4.67. The molecule has 0 bridgehead atoms. The van der Waals surface area contributed by atoms with Gasteiger partial charge in [0.05, 0.1) is 11.1 Å². The summed E-state index contributed by atoms with van der Waals surface area (Å²) in [5, 5.41) is 13.3. The molecular formula is C19H17N5OS3. The lowest BCUT2D eigenvalue weighted by molar-refractivity contribution is 0.916. The van der Waals surface area contributed by atoms with Gasteiger partial charge in [0.1, 0.15) is 10.7 Å². The van der Waals surface area contributed by atoms with Gasteiger partial charge in [0.15, 0.2) is 4.34 Å². The van der Waals surface area contributed by atoms with Crippen LogP contribution in [0.4, 0.5) is 10.8 Å². The average Bonchev–Trinajstić information content (AvgIpc) is 3.35. The highest BCUT2D eigenvalue weighted by atomic mass is 32.2. The van der Waals surface area contributed by atoms with E-state index in [0.717, 1.165) is 44.6 Å². The van der Waals surface area contributed by atoms with Crippen LogP contribution in [-0.2, 0) is 18.6 Å². The summed E-state index contributed by atoms with van der Waals surface area (Å²) >= 11 is 4.69. The molecule has 2 N–H and O–H groups in total. The van der Waals surface area contributed by atoms with E-state index in [0.29, 0.717) is 11.6 Å². The first-order chi connectivity index (χ1) is 13.7. The van der Waals surface area contributed by atoms with Crippen molar-refractivity contribution in [3.05, 3.63) is 56.4 Å². The Hall–Kier alpha value is -2.23. The molecule has 0 atom stereocenters. The first kappa shape index (κ1) is 17.8. The van der Waals surface area contributed by atoms with E-state index < -0.39 is 0 Å². The lowest BCUT2D eigenvalue weighted by Crippen LogP contribution is -2.11. The molecule has 0 aliphatic heterocycles. The highest BCUT2D eigenvalue weighted by Gasteiger charge is 2.21.